The third-order valence-electron chi connectivity index (χ3n) is 2.92. The van der Waals surface area contributed by atoms with Gasteiger partial charge in [-0.3, -0.25) is 20.2 Å². The first-order valence-corrected chi connectivity index (χ1v) is 5.51. The maximum atomic E-state index is 11.2. The van der Waals surface area contributed by atoms with E-state index in [-0.39, 0.29) is 11.3 Å². The summed E-state index contributed by atoms with van der Waals surface area (Å²) in [6.07, 6.45) is 0. The minimum atomic E-state index is -2.19. The Morgan fingerprint density at radius 3 is 2.45 bits per heavy atom. The second-order valence-corrected chi connectivity index (χ2v) is 4.13. The van der Waals surface area contributed by atoms with Crippen LogP contribution in [0.2, 0.25) is 0 Å². The number of rotatable bonds is 4. The van der Waals surface area contributed by atoms with Crippen molar-refractivity contribution in [1.82, 2.24) is 0 Å². The molecule has 0 saturated carbocycles. The largest absolute Gasteiger partial charge is 0.496 e. The Balaban J connectivity index is 2.71. The summed E-state index contributed by atoms with van der Waals surface area (Å²) in [7, 11) is 1.39. The molecule has 0 radical (unpaired) electrons. The Morgan fingerprint density at radius 2 is 1.90 bits per heavy atom. The fourth-order valence-corrected chi connectivity index (χ4v) is 1.87. The normalized spacial score (nSPS) is 21.1. The number of azo groups is 1. The fourth-order valence-electron chi connectivity index (χ4n) is 1.87. The van der Waals surface area contributed by atoms with Crippen molar-refractivity contribution in [2.45, 2.75) is 12.6 Å². The molecule has 9 heteroatoms. The van der Waals surface area contributed by atoms with Gasteiger partial charge in [0.05, 0.1) is 22.5 Å². The van der Waals surface area contributed by atoms with Crippen LogP contribution in [0.1, 0.15) is 12.5 Å². The highest BCUT2D eigenvalue weighted by atomic mass is 16.6. The van der Waals surface area contributed by atoms with Gasteiger partial charge in [0.15, 0.2) is 5.70 Å². The van der Waals surface area contributed by atoms with Gasteiger partial charge >= 0.3 is 11.4 Å². The van der Waals surface area contributed by atoms with Gasteiger partial charge in [0.25, 0.3) is 0 Å². The van der Waals surface area contributed by atoms with Gasteiger partial charge in [-0.2, -0.15) is 0 Å². The minimum Gasteiger partial charge on any atom is -0.496 e. The molecule has 20 heavy (non-hydrogen) atoms. The Kier molecular flexibility index (Phi) is 3.18. The molecule has 1 heterocycles. The molecule has 1 aromatic carbocycles. The van der Waals surface area contributed by atoms with Gasteiger partial charge in [0.1, 0.15) is 5.75 Å². The quantitative estimate of drug-likeness (QED) is 0.616. The number of nitrogens with zero attached hydrogens (tertiary/aromatic N) is 4. The molecule has 0 amide bonds. The van der Waals surface area contributed by atoms with Gasteiger partial charge in [-0.05, 0) is 12.1 Å². The van der Waals surface area contributed by atoms with E-state index in [1.54, 1.807) is 18.2 Å². The first kappa shape index (κ1) is 13.6. The lowest BCUT2D eigenvalue weighted by atomic mass is 10.0. The molecular formula is C11H10N4O5. The third-order valence-corrected chi connectivity index (χ3v) is 2.92. The Morgan fingerprint density at radius 1 is 1.25 bits per heavy atom. The highest BCUT2D eigenvalue weighted by Crippen LogP contribution is 2.40. The van der Waals surface area contributed by atoms with Crippen LogP contribution in [-0.4, -0.2) is 22.6 Å². The SMILES string of the molecule is COc1ccccc1C1=C([N+](=O)[O-])C(C)([N+](=O)[O-])N=N1. The van der Waals surface area contributed by atoms with Crippen LogP contribution in [0.15, 0.2) is 40.2 Å². The van der Waals surface area contributed by atoms with Crippen molar-refractivity contribution in [2.75, 3.05) is 7.11 Å². The molecule has 1 aromatic rings. The molecule has 1 aliphatic rings. The monoisotopic (exact) mass is 278 g/mol. The molecule has 1 atom stereocenters. The summed E-state index contributed by atoms with van der Waals surface area (Å²) in [6, 6.07) is 6.41. The van der Waals surface area contributed by atoms with Crippen LogP contribution in [0.3, 0.4) is 0 Å². The van der Waals surface area contributed by atoms with Crippen LogP contribution in [0.5, 0.6) is 5.75 Å². The number of methoxy groups -OCH3 is 1. The molecule has 1 unspecified atom stereocenters. The zero-order valence-electron chi connectivity index (χ0n) is 10.6. The average Bonchev–Trinajstić information content (AvgIpc) is 2.78. The standard InChI is InChI=1S/C11H10N4O5/c1-11(15(18)19)10(14(16)17)9(12-13-11)7-5-3-4-6-8(7)20-2/h3-6H,1-2H3. The lowest BCUT2D eigenvalue weighted by molar-refractivity contribution is -0.589. The van der Waals surface area contributed by atoms with Crippen molar-refractivity contribution in [1.29, 1.82) is 0 Å². The van der Waals surface area contributed by atoms with Gasteiger partial charge in [0, 0.05) is 6.92 Å². The van der Waals surface area contributed by atoms with Crippen molar-refractivity contribution in [2.24, 2.45) is 10.2 Å². The summed E-state index contributed by atoms with van der Waals surface area (Å²) in [5.41, 5.74) is -2.74. The summed E-state index contributed by atoms with van der Waals surface area (Å²) in [4.78, 5) is 20.6. The Labute approximate surface area is 112 Å². The molecule has 0 N–H and O–H groups in total. The van der Waals surface area contributed by atoms with Gasteiger partial charge in [-0.25, -0.2) is 0 Å². The molecule has 1 aliphatic heterocycles. The first-order valence-electron chi connectivity index (χ1n) is 5.51. The predicted octanol–water partition coefficient (Wildman–Crippen LogP) is 2.10. The van der Waals surface area contributed by atoms with E-state index in [1.165, 1.54) is 13.2 Å². The van der Waals surface area contributed by atoms with Gasteiger partial charge in [0.2, 0.25) is 0 Å². The summed E-state index contributed by atoms with van der Waals surface area (Å²) in [6.45, 7) is 1.04. The topological polar surface area (TPSA) is 120 Å². The van der Waals surface area contributed by atoms with Crippen LogP contribution in [0, 0.1) is 20.2 Å². The predicted molar refractivity (Wildman–Crippen MR) is 67.2 cm³/mol. The van der Waals surface area contributed by atoms with E-state index in [1.807, 2.05) is 0 Å². The molecule has 9 nitrogen and oxygen atoms in total. The Bertz CT molecular complexity index is 654. The molecule has 104 valence electrons. The minimum absolute atomic E-state index is 0.161. The van der Waals surface area contributed by atoms with E-state index in [2.05, 4.69) is 10.2 Å². The van der Waals surface area contributed by atoms with E-state index in [0.29, 0.717) is 5.75 Å². The van der Waals surface area contributed by atoms with E-state index >= 15 is 0 Å². The van der Waals surface area contributed by atoms with E-state index < -0.39 is 21.2 Å². The third kappa shape index (κ3) is 1.88. The van der Waals surface area contributed by atoms with E-state index in [9.17, 15) is 20.2 Å². The van der Waals surface area contributed by atoms with Crippen molar-refractivity contribution in [3.8, 4) is 5.75 Å². The summed E-state index contributed by atoms with van der Waals surface area (Å²) < 4.78 is 5.09. The smallest absolute Gasteiger partial charge is 0.418 e. The highest BCUT2D eigenvalue weighted by molar-refractivity contribution is 5.73. The molecule has 0 bridgehead atoms. The lowest BCUT2D eigenvalue weighted by Crippen LogP contribution is -2.36. The van der Waals surface area contributed by atoms with Gasteiger partial charge in [-0.15, -0.1) is 5.11 Å². The number of ether oxygens (including phenoxy) is 1. The summed E-state index contributed by atoms with van der Waals surface area (Å²) >= 11 is 0. The highest BCUT2D eigenvalue weighted by Gasteiger charge is 2.57. The number of hydrogen-bond donors (Lipinski definition) is 0. The number of para-hydroxylation sites is 1. The molecule has 0 fully saturated rings. The van der Waals surface area contributed by atoms with Crippen LogP contribution < -0.4 is 4.74 Å². The molecule has 0 aromatic heterocycles. The van der Waals surface area contributed by atoms with Gasteiger partial charge < -0.3 is 4.74 Å². The first-order chi connectivity index (χ1) is 9.41. The molecular weight excluding hydrogens is 268 g/mol. The second kappa shape index (κ2) is 4.68. The summed E-state index contributed by atoms with van der Waals surface area (Å²) in [5, 5.41) is 29.3. The lowest BCUT2D eigenvalue weighted by Gasteiger charge is -2.09. The zero-order chi connectivity index (χ0) is 14.9. The van der Waals surface area contributed by atoms with E-state index in [4.69, 9.17) is 4.74 Å². The van der Waals surface area contributed by atoms with Crippen LogP contribution >= 0.6 is 0 Å². The number of nitro groups is 2. The number of hydrogen-bond acceptors (Lipinski definition) is 7. The summed E-state index contributed by atoms with van der Waals surface area (Å²) in [5.74, 6) is 0.327. The van der Waals surface area contributed by atoms with E-state index in [0.717, 1.165) is 6.92 Å². The Hall–Kier alpha value is -2.84. The maximum absolute atomic E-state index is 11.2. The fraction of sp³-hybridized carbons (Fsp3) is 0.273. The van der Waals surface area contributed by atoms with Crippen LogP contribution in [-0.2, 0) is 0 Å². The van der Waals surface area contributed by atoms with Crippen LogP contribution in [0.25, 0.3) is 5.70 Å². The van der Waals surface area contributed by atoms with Crippen molar-refractivity contribution < 1.29 is 14.6 Å². The van der Waals surface area contributed by atoms with Crippen molar-refractivity contribution in [3.05, 3.63) is 55.8 Å². The van der Waals surface area contributed by atoms with Crippen molar-refractivity contribution >= 4 is 5.70 Å². The van der Waals surface area contributed by atoms with Crippen LogP contribution in [0.4, 0.5) is 0 Å². The zero-order valence-corrected chi connectivity index (χ0v) is 10.6. The average molecular weight is 278 g/mol. The number of benzene rings is 1. The van der Waals surface area contributed by atoms with Gasteiger partial charge in [-0.1, -0.05) is 17.2 Å². The van der Waals surface area contributed by atoms with Crippen molar-refractivity contribution in [3.63, 3.8) is 0 Å². The molecule has 0 aliphatic carbocycles. The molecule has 0 spiro atoms. The molecule has 0 saturated heterocycles. The maximum Gasteiger partial charge on any atom is 0.418 e. The second-order valence-electron chi connectivity index (χ2n) is 4.13. The molecule has 2 rings (SSSR count).